The second-order valence-corrected chi connectivity index (χ2v) is 7.70. The van der Waals surface area contributed by atoms with Crippen LogP contribution in [0.5, 0.6) is 5.75 Å². The van der Waals surface area contributed by atoms with Gasteiger partial charge in [-0.2, -0.15) is 0 Å². The topological polar surface area (TPSA) is 142 Å². The SMILES string of the molecule is COCOCCOc1ccc(-c2ccccc2C(=O)OCOC)c(C(=O)Nc2ccc(C(=N)N)cc2)c1. The Kier molecular flexibility index (Phi) is 10.1. The van der Waals surface area contributed by atoms with Crippen molar-refractivity contribution in [2.45, 2.75) is 0 Å². The molecule has 0 radical (unpaired) electrons. The number of amides is 1. The molecule has 0 spiro atoms. The van der Waals surface area contributed by atoms with E-state index in [0.717, 1.165) is 0 Å². The minimum absolute atomic E-state index is 0.0727. The molecule has 0 aromatic heterocycles. The number of carbonyl (C=O) groups is 2. The normalized spacial score (nSPS) is 10.5. The molecule has 0 aliphatic heterocycles. The van der Waals surface area contributed by atoms with Gasteiger partial charge in [0.1, 0.15) is 25.0 Å². The molecule has 0 bridgehead atoms. The minimum Gasteiger partial charge on any atom is -0.491 e. The van der Waals surface area contributed by atoms with Crippen molar-refractivity contribution in [3.8, 4) is 16.9 Å². The summed E-state index contributed by atoms with van der Waals surface area (Å²) >= 11 is 0. The van der Waals surface area contributed by atoms with Crippen molar-refractivity contribution in [1.29, 1.82) is 5.41 Å². The summed E-state index contributed by atoms with van der Waals surface area (Å²) in [5, 5.41) is 10.4. The number of nitrogens with two attached hydrogens (primary N) is 1. The summed E-state index contributed by atoms with van der Waals surface area (Å²) in [5.74, 6) is -0.635. The van der Waals surface area contributed by atoms with E-state index in [1.165, 1.54) is 14.2 Å². The number of benzene rings is 3. The smallest absolute Gasteiger partial charge is 0.340 e. The molecule has 0 unspecified atom stereocenters. The molecule has 0 saturated heterocycles. The van der Waals surface area contributed by atoms with Gasteiger partial charge in [-0.15, -0.1) is 0 Å². The summed E-state index contributed by atoms with van der Waals surface area (Å²) in [6.07, 6.45) is 0. The lowest BCUT2D eigenvalue weighted by Gasteiger charge is -2.16. The van der Waals surface area contributed by atoms with Gasteiger partial charge in [0.15, 0.2) is 6.79 Å². The molecule has 3 aromatic carbocycles. The van der Waals surface area contributed by atoms with Gasteiger partial charge in [0.05, 0.1) is 17.7 Å². The first-order chi connectivity index (χ1) is 17.9. The van der Waals surface area contributed by atoms with Crippen LogP contribution in [0.4, 0.5) is 5.69 Å². The fourth-order valence-electron chi connectivity index (χ4n) is 3.41. The van der Waals surface area contributed by atoms with E-state index in [1.54, 1.807) is 66.7 Å². The lowest BCUT2D eigenvalue weighted by atomic mass is 9.94. The highest BCUT2D eigenvalue weighted by molar-refractivity contribution is 6.11. The molecular weight excluding hydrogens is 478 g/mol. The quantitative estimate of drug-likeness (QED) is 0.105. The first-order valence-electron chi connectivity index (χ1n) is 11.3. The van der Waals surface area contributed by atoms with Crippen LogP contribution in [0.3, 0.4) is 0 Å². The maximum Gasteiger partial charge on any atom is 0.340 e. The molecule has 0 heterocycles. The standard InChI is InChI=1S/C27H29N3O7/c1-33-16-35-13-14-36-20-11-12-22(21-5-3-4-6-23(21)27(32)37-17-34-2)24(15-20)26(31)30-19-9-7-18(8-10-19)25(28)29/h3-12,15H,13-14,16-17H2,1-2H3,(H3,28,29)(H,30,31). The molecule has 0 atom stereocenters. The zero-order chi connectivity index (χ0) is 26.6. The first-order valence-corrected chi connectivity index (χ1v) is 11.3. The molecule has 0 aliphatic rings. The predicted molar refractivity (Wildman–Crippen MR) is 138 cm³/mol. The molecule has 4 N–H and O–H groups in total. The predicted octanol–water partition coefficient (Wildman–Crippen LogP) is 3.65. The van der Waals surface area contributed by atoms with Crippen LogP contribution in [0.2, 0.25) is 0 Å². The number of hydrogen-bond acceptors (Lipinski definition) is 8. The van der Waals surface area contributed by atoms with Crippen molar-refractivity contribution in [2.75, 3.05) is 46.3 Å². The van der Waals surface area contributed by atoms with Gasteiger partial charge in [-0.25, -0.2) is 4.79 Å². The molecule has 0 fully saturated rings. The Morgan fingerprint density at radius 3 is 2.27 bits per heavy atom. The molecular formula is C27H29N3O7. The maximum absolute atomic E-state index is 13.4. The van der Waals surface area contributed by atoms with Gasteiger partial charge < -0.3 is 34.7 Å². The van der Waals surface area contributed by atoms with Gasteiger partial charge in [0, 0.05) is 25.5 Å². The third-order valence-electron chi connectivity index (χ3n) is 5.13. The Balaban J connectivity index is 1.95. The van der Waals surface area contributed by atoms with E-state index in [1.807, 2.05) is 0 Å². The number of rotatable bonds is 13. The molecule has 37 heavy (non-hydrogen) atoms. The van der Waals surface area contributed by atoms with E-state index in [4.69, 9.17) is 34.8 Å². The zero-order valence-corrected chi connectivity index (χ0v) is 20.6. The van der Waals surface area contributed by atoms with Crippen LogP contribution in [-0.2, 0) is 18.9 Å². The summed E-state index contributed by atoms with van der Waals surface area (Å²) in [7, 11) is 2.95. The average Bonchev–Trinajstić information content (AvgIpc) is 2.91. The van der Waals surface area contributed by atoms with Crippen molar-refractivity contribution in [3.05, 3.63) is 83.4 Å². The van der Waals surface area contributed by atoms with Crippen LogP contribution in [0.25, 0.3) is 11.1 Å². The number of esters is 1. The first kappa shape index (κ1) is 27.3. The van der Waals surface area contributed by atoms with Gasteiger partial charge in [-0.05, 0) is 59.7 Å². The average molecular weight is 508 g/mol. The van der Waals surface area contributed by atoms with Crippen LogP contribution in [0.1, 0.15) is 26.3 Å². The largest absolute Gasteiger partial charge is 0.491 e. The van der Waals surface area contributed by atoms with Crippen LogP contribution < -0.4 is 15.8 Å². The Labute approximate surface area is 214 Å². The molecule has 0 saturated carbocycles. The molecule has 3 rings (SSSR count). The highest BCUT2D eigenvalue weighted by atomic mass is 16.7. The molecule has 10 nitrogen and oxygen atoms in total. The molecule has 10 heteroatoms. The number of nitrogens with one attached hydrogen (secondary N) is 2. The third kappa shape index (κ3) is 7.61. The Bertz CT molecular complexity index is 1230. The summed E-state index contributed by atoms with van der Waals surface area (Å²) in [6, 6.07) is 18.4. The Morgan fingerprint density at radius 1 is 0.865 bits per heavy atom. The lowest BCUT2D eigenvalue weighted by Crippen LogP contribution is -2.16. The second kappa shape index (κ2) is 13.7. The van der Waals surface area contributed by atoms with Gasteiger partial charge in [0.25, 0.3) is 5.91 Å². The van der Waals surface area contributed by atoms with E-state index < -0.39 is 11.9 Å². The number of hydrogen-bond donors (Lipinski definition) is 3. The van der Waals surface area contributed by atoms with Gasteiger partial charge in [0.2, 0.25) is 0 Å². The summed E-state index contributed by atoms with van der Waals surface area (Å²) in [6.45, 7) is 0.493. The van der Waals surface area contributed by atoms with Crippen LogP contribution >= 0.6 is 0 Å². The lowest BCUT2D eigenvalue weighted by molar-refractivity contribution is -0.0387. The monoisotopic (exact) mass is 507 g/mol. The minimum atomic E-state index is -0.584. The molecule has 3 aromatic rings. The van der Waals surface area contributed by atoms with Crippen molar-refractivity contribution in [2.24, 2.45) is 5.73 Å². The van der Waals surface area contributed by atoms with Crippen LogP contribution in [0, 0.1) is 5.41 Å². The van der Waals surface area contributed by atoms with Crippen LogP contribution in [-0.4, -0.2) is 58.7 Å². The van der Waals surface area contributed by atoms with Crippen LogP contribution in [0.15, 0.2) is 66.7 Å². The number of nitrogen functional groups attached to an aromatic ring is 1. The summed E-state index contributed by atoms with van der Waals surface area (Å²) < 4.78 is 25.8. The van der Waals surface area contributed by atoms with Gasteiger partial charge in [-0.1, -0.05) is 18.2 Å². The third-order valence-corrected chi connectivity index (χ3v) is 5.13. The van der Waals surface area contributed by atoms with E-state index in [9.17, 15) is 9.59 Å². The summed E-state index contributed by atoms with van der Waals surface area (Å²) in [4.78, 5) is 26.1. The van der Waals surface area contributed by atoms with Gasteiger partial charge >= 0.3 is 5.97 Å². The highest BCUT2D eigenvalue weighted by Crippen LogP contribution is 2.31. The highest BCUT2D eigenvalue weighted by Gasteiger charge is 2.20. The maximum atomic E-state index is 13.4. The van der Waals surface area contributed by atoms with E-state index in [-0.39, 0.29) is 37.2 Å². The Hall–Kier alpha value is -4.25. The second-order valence-electron chi connectivity index (χ2n) is 7.70. The number of methoxy groups -OCH3 is 2. The number of ether oxygens (including phenoxy) is 5. The van der Waals surface area contributed by atoms with Gasteiger partial charge in [-0.3, -0.25) is 10.2 Å². The number of anilines is 1. The van der Waals surface area contributed by atoms with Crippen molar-refractivity contribution in [1.82, 2.24) is 0 Å². The van der Waals surface area contributed by atoms with E-state index >= 15 is 0 Å². The molecule has 194 valence electrons. The van der Waals surface area contributed by atoms with E-state index in [2.05, 4.69) is 5.32 Å². The number of amidine groups is 1. The molecule has 0 aliphatic carbocycles. The van der Waals surface area contributed by atoms with Crippen molar-refractivity contribution < 1.29 is 33.3 Å². The van der Waals surface area contributed by atoms with E-state index in [0.29, 0.717) is 34.7 Å². The molecule has 1 amide bonds. The zero-order valence-electron chi connectivity index (χ0n) is 20.6. The van der Waals surface area contributed by atoms with Crippen molar-refractivity contribution >= 4 is 23.4 Å². The Morgan fingerprint density at radius 2 is 1.57 bits per heavy atom. The fourth-order valence-corrected chi connectivity index (χ4v) is 3.41. The summed E-state index contributed by atoms with van der Waals surface area (Å²) in [5.41, 5.74) is 8.13. The van der Waals surface area contributed by atoms with Crippen molar-refractivity contribution in [3.63, 3.8) is 0 Å². The fraction of sp³-hybridized carbons (Fsp3) is 0.222. The number of carbonyl (C=O) groups excluding carboxylic acids is 2.